The first kappa shape index (κ1) is 21.9. The minimum atomic E-state index is -1.12. The lowest BCUT2D eigenvalue weighted by molar-refractivity contribution is -0.134. The number of para-hydroxylation sites is 1. The number of carbonyl (C=O) groups is 4. The lowest BCUT2D eigenvalue weighted by Gasteiger charge is -2.41. The van der Waals surface area contributed by atoms with Crippen LogP contribution in [0, 0.1) is 0 Å². The summed E-state index contributed by atoms with van der Waals surface area (Å²) in [5.41, 5.74) is 0.327. The summed E-state index contributed by atoms with van der Waals surface area (Å²) in [6, 6.07) is 9.53. The maximum Gasteiger partial charge on any atom is 0.271 e. The summed E-state index contributed by atoms with van der Waals surface area (Å²) in [4.78, 5) is 53.1. The fourth-order valence-corrected chi connectivity index (χ4v) is 4.44. The van der Waals surface area contributed by atoms with E-state index in [0.29, 0.717) is 38.2 Å². The second-order valence-electron chi connectivity index (χ2n) is 8.68. The van der Waals surface area contributed by atoms with Gasteiger partial charge < -0.3 is 25.0 Å². The Hall–Kier alpha value is -3.36. The van der Waals surface area contributed by atoms with Gasteiger partial charge in [-0.25, -0.2) is 0 Å². The first-order chi connectivity index (χ1) is 15.3. The topological polar surface area (TPSA) is 104 Å². The number of benzene rings is 1. The molecule has 2 N–H and O–H groups in total. The number of rotatable bonds is 7. The van der Waals surface area contributed by atoms with E-state index in [1.54, 1.807) is 14.0 Å². The number of likely N-dealkylation sites (tertiary alicyclic amines) is 1. The lowest BCUT2D eigenvalue weighted by atomic mass is 9.95. The van der Waals surface area contributed by atoms with Crippen LogP contribution in [0.4, 0.5) is 0 Å². The smallest absolute Gasteiger partial charge is 0.271 e. The van der Waals surface area contributed by atoms with E-state index in [2.05, 4.69) is 10.6 Å². The Bertz CT molecular complexity index is 1080. The monoisotopic (exact) mass is 439 g/mol. The molecule has 0 bridgehead atoms. The molecule has 9 nitrogen and oxygen atoms in total. The van der Waals surface area contributed by atoms with E-state index in [4.69, 9.17) is 0 Å². The summed E-state index contributed by atoms with van der Waals surface area (Å²) in [6.07, 6.45) is 2.17. The van der Waals surface area contributed by atoms with Crippen molar-refractivity contribution < 1.29 is 19.2 Å². The maximum absolute atomic E-state index is 13.0. The third-order valence-electron chi connectivity index (χ3n) is 6.54. The number of hydrogen-bond donors (Lipinski definition) is 2. The van der Waals surface area contributed by atoms with Crippen LogP contribution in [-0.2, 0) is 20.9 Å². The number of nitrogens with one attached hydrogen (secondary N) is 2. The molecule has 3 heterocycles. The Balaban J connectivity index is 1.33. The molecule has 0 spiro atoms. The van der Waals surface area contributed by atoms with Gasteiger partial charge in [0.15, 0.2) is 0 Å². The molecule has 0 aliphatic carbocycles. The molecule has 1 unspecified atom stereocenters. The van der Waals surface area contributed by atoms with Crippen LogP contribution in [0.5, 0.6) is 0 Å². The number of nitrogens with zero attached hydrogens (tertiary/aromatic N) is 3. The third-order valence-corrected chi connectivity index (χ3v) is 6.54. The average Bonchev–Trinajstić information content (AvgIpc) is 3.36. The first-order valence-corrected chi connectivity index (χ1v) is 11.0. The van der Waals surface area contributed by atoms with Crippen LogP contribution in [0.2, 0.25) is 0 Å². The molecule has 32 heavy (non-hydrogen) atoms. The molecule has 0 saturated carbocycles. The highest BCUT2D eigenvalue weighted by molar-refractivity contribution is 6.03. The average molecular weight is 440 g/mol. The predicted octanol–water partition coefficient (Wildman–Crippen LogP) is 0.731. The van der Waals surface area contributed by atoms with Crippen LogP contribution < -0.4 is 10.6 Å². The Morgan fingerprint density at radius 3 is 2.69 bits per heavy atom. The molecule has 0 radical (unpaired) electrons. The highest BCUT2D eigenvalue weighted by Crippen LogP contribution is 2.31. The highest BCUT2D eigenvalue weighted by Gasteiger charge is 2.45. The third kappa shape index (κ3) is 3.94. The Morgan fingerprint density at radius 2 is 1.94 bits per heavy atom. The van der Waals surface area contributed by atoms with Crippen LogP contribution in [0.1, 0.15) is 36.7 Å². The van der Waals surface area contributed by atoms with Crippen molar-refractivity contribution in [2.24, 2.45) is 0 Å². The lowest BCUT2D eigenvalue weighted by Crippen LogP contribution is -2.63. The molecule has 9 heteroatoms. The van der Waals surface area contributed by atoms with Gasteiger partial charge in [0, 0.05) is 44.0 Å². The largest absolute Gasteiger partial charge is 0.355 e. The number of hydrogen-bond acceptors (Lipinski definition) is 4. The van der Waals surface area contributed by atoms with E-state index in [1.165, 1.54) is 4.90 Å². The molecule has 1 aromatic heterocycles. The van der Waals surface area contributed by atoms with E-state index in [1.807, 2.05) is 39.8 Å². The van der Waals surface area contributed by atoms with Gasteiger partial charge in [0.05, 0.1) is 13.1 Å². The van der Waals surface area contributed by atoms with Crippen LogP contribution >= 0.6 is 0 Å². The van der Waals surface area contributed by atoms with E-state index in [-0.39, 0.29) is 30.2 Å². The van der Waals surface area contributed by atoms with Gasteiger partial charge in [0.25, 0.3) is 5.91 Å². The molecule has 1 saturated heterocycles. The fraction of sp³-hybridized carbons (Fsp3) is 0.478. The SMILES string of the molecule is CN1C(=O)c2cc3ccccc3n2CC1(C)C(=O)NCC(=O)NCCCN1CCCC1=O. The van der Waals surface area contributed by atoms with Crippen molar-refractivity contribution in [3.63, 3.8) is 0 Å². The molecule has 2 aromatic rings. The molecule has 2 aliphatic heterocycles. The molecule has 1 fully saturated rings. The van der Waals surface area contributed by atoms with Gasteiger partial charge in [-0.15, -0.1) is 0 Å². The molecule has 170 valence electrons. The van der Waals surface area contributed by atoms with Crippen molar-refractivity contribution in [3.8, 4) is 0 Å². The summed E-state index contributed by atoms with van der Waals surface area (Å²) in [5.74, 6) is -0.742. The number of fused-ring (bicyclic) bond motifs is 3. The molecule has 4 rings (SSSR count). The number of carbonyl (C=O) groups excluding carboxylic acids is 4. The van der Waals surface area contributed by atoms with E-state index >= 15 is 0 Å². The van der Waals surface area contributed by atoms with E-state index in [9.17, 15) is 19.2 Å². The van der Waals surface area contributed by atoms with Gasteiger partial charge in [0.2, 0.25) is 17.7 Å². The van der Waals surface area contributed by atoms with Gasteiger partial charge in [-0.2, -0.15) is 0 Å². The normalized spacial score (nSPS) is 20.6. The highest BCUT2D eigenvalue weighted by atomic mass is 16.2. The molecule has 1 atom stereocenters. The van der Waals surface area contributed by atoms with Crippen LogP contribution in [0.15, 0.2) is 30.3 Å². The second-order valence-corrected chi connectivity index (χ2v) is 8.68. The minimum absolute atomic E-state index is 0.168. The van der Waals surface area contributed by atoms with Crippen molar-refractivity contribution in [1.82, 2.24) is 25.0 Å². The first-order valence-electron chi connectivity index (χ1n) is 11.0. The summed E-state index contributed by atoms with van der Waals surface area (Å²) in [6.45, 7) is 3.69. The molecule has 1 aromatic carbocycles. The zero-order valence-electron chi connectivity index (χ0n) is 18.5. The van der Waals surface area contributed by atoms with Gasteiger partial charge in [-0.3, -0.25) is 19.2 Å². The number of likely N-dealkylation sites (N-methyl/N-ethyl adjacent to an activating group) is 1. The quantitative estimate of drug-likeness (QED) is 0.621. The zero-order chi connectivity index (χ0) is 22.9. The van der Waals surface area contributed by atoms with Crippen molar-refractivity contribution in [3.05, 3.63) is 36.0 Å². The Labute approximate surface area is 186 Å². The standard InChI is InChI=1S/C23H29N5O4/c1-23(15-28-17-8-4-3-7-16(17)13-18(28)21(31)26(23)2)22(32)25-14-19(29)24-10-6-12-27-11-5-9-20(27)30/h3-4,7-8,13H,5-6,9-12,14-15H2,1-2H3,(H,24,29)(H,25,32). The fourth-order valence-electron chi connectivity index (χ4n) is 4.44. The Kier molecular flexibility index (Phi) is 5.90. The molecular formula is C23H29N5O4. The number of amides is 4. The van der Waals surface area contributed by atoms with E-state index in [0.717, 1.165) is 23.9 Å². The van der Waals surface area contributed by atoms with Crippen molar-refractivity contribution >= 4 is 34.5 Å². The van der Waals surface area contributed by atoms with E-state index < -0.39 is 5.54 Å². The van der Waals surface area contributed by atoms with Gasteiger partial charge in [0.1, 0.15) is 11.2 Å². The maximum atomic E-state index is 13.0. The van der Waals surface area contributed by atoms with Crippen molar-refractivity contribution in [1.29, 1.82) is 0 Å². The van der Waals surface area contributed by atoms with Gasteiger partial charge >= 0.3 is 0 Å². The number of aromatic nitrogens is 1. The summed E-state index contributed by atoms with van der Waals surface area (Å²) < 4.78 is 1.87. The van der Waals surface area contributed by atoms with Crippen LogP contribution in [0.3, 0.4) is 0 Å². The summed E-state index contributed by atoms with van der Waals surface area (Å²) in [7, 11) is 1.61. The summed E-state index contributed by atoms with van der Waals surface area (Å²) >= 11 is 0. The Morgan fingerprint density at radius 1 is 1.16 bits per heavy atom. The molecular weight excluding hydrogens is 410 g/mol. The van der Waals surface area contributed by atoms with Crippen molar-refractivity contribution in [2.45, 2.75) is 38.3 Å². The van der Waals surface area contributed by atoms with Crippen LogP contribution in [0.25, 0.3) is 10.9 Å². The molecule has 4 amide bonds. The molecule has 2 aliphatic rings. The van der Waals surface area contributed by atoms with Crippen molar-refractivity contribution in [2.75, 3.05) is 33.2 Å². The van der Waals surface area contributed by atoms with Gasteiger partial charge in [-0.1, -0.05) is 18.2 Å². The van der Waals surface area contributed by atoms with Crippen LogP contribution in [-0.4, -0.2) is 76.8 Å². The minimum Gasteiger partial charge on any atom is -0.355 e. The second kappa shape index (κ2) is 8.64. The predicted molar refractivity (Wildman–Crippen MR) is 119 cm³/mol. The van der Waals surface area contributed by atoms with Gasteiger partial charge in [-0.05, 0) is 31.9 Å². The summed E-state index contributed by atoms with van der Waals surface area (Å²) in [5, 5.41) is 6.40. The zero-order valence-corrected chi connectivity index (χ0v) is 18.5.